The van der Waals surface area contributed by atoms with Crippen LogP contribution in [0.1, 0.15) is 40.5 Å². The topological polar surface area (TPSA) is 70.6 Å². The SMILES string of the molecule is CC(C)C(C)(C)CNCCCC(N)=NO. The summed E-state index contributed by atoms with van der Waals surface area (Å²) in [5, 5.41) is 14.7. The maximum Gasteiger partial charge on any atom is 0.139 e. The van der Waals surface area contributed by atoms with Gasteiger partial charge in [0.25, 0.3) is 0 Å². The molecule has 4 nitrogen and oxygen atoms in total. The van der Waals surface area contributed by atoms with Crippen molar-refractivity contribution in [2.75, 3.05) is 13.1 Å². The Labute approximate surface area is 92.9 Å². The normalized spacial score (nSPS) is 13.5. The highest BCUT2D eigenvalue weighted by atomic mass is 16.4. The number of hydrogen-bond acceptors (Lipinski definition) is 3. The van der Waals surface area contributed by atoms with Crippen molar-refractivity contribution < 1.29 is 5.21 Å². The summed E-state index contributed by atoms with van der Waals surface area (Å²) in [6.45, 7) is 10.9. The van der Waals surface area contributed by atoms with E-state index in [1.165, 1.54) is 0 Å². The largest absolute Gasteiger partial charge is 0.409 e. The van der Waals surface area contributed by atoms with Crippen LogP contribution in [0, 0.1) is 11.3 Å². The molecule has 4 heteroatoms. The summed E-state index contributed by atoms with van der Waals surface area (Å²) in [4.78, 5) is 0. The van der Waals surface area contributed by atoms with Gasteiger partial charge in [-0.15, -0.1) is 0 Å². The van der Waals surface area contributed by atoms with Gasteiger partial charge in [0.15, 0.2) is 0 Å². The van der Waals surface area contributed by atoms with E-state index in [4.69, 9.17) is 10.9 Å². The molecule has 0 fully saturated rings. The van der Waals surface area contributed by atoms with E-state index in [9.17, 15) is 0 Å². The molecule has 0 rings (SSSR count). The Bertz CT molecular complexity index is 200. The van der Waals surface area contributed by atoms with Gasteiger partial charge in [-0.1, -0.05) is 32.9 Å². The minimum absolute atomic E-state index is 0.305. The van der Waals surface area contributed by atoms with Gasteiger partial charge < -0.3 is 16.3 Å². The first kappa shape index (κ1) is 14.2. The quantitative estimate of drug-likeness (QED) is 0.199. The molecule has 4 N–H and O–H groups in total. The smallest absolute Gasteiger partial charge is 0.139 e. The average Bonchev–Trinajstić information content (AvgIpc) is 2.16. The molecule has 0 aliphatic rings. The maximum absolute atomic E-state index is 8.34. The molecule has 90 valence electrons. The van der Waals surface area contributed by atoms with Gasteiger partial charge in [0.2, 0.25) is 0 Å². The Morgan fingerprint density at radius 2 is 2.07 bits per heavy atom. The van der Waals surface area contributed by atoms with Crippen molar-refractivity contribution in [1.29, 1.82) is 0 Å². The summed E-state index contributed by atoms with van der Waals surface area (Å²) in [5.74, 6) is 0.967. The second kappa shape index (κ2) is 6.67. The number of nitrogens with zero attached hydrogens (tertiary/aromatic N) is 1. The molecule has 0 atom stereocenters. The average molecular weight is 215 g/mol. The molecular formula is C11H25N3O. The van der Waals surface area contributed by atoms with Crippen molar-refractivity contribution in [3.05, 3.63) is 0 Å². The number of hydrogen-bond donors (Lipinski definition) is 3. The Morgan fingerprint density at radius 3 is 2.53 bits per heavy atom. The van der Waals surface area contributed by atoms with Gasteiger partial charge in [-0.2, -0.15) is 0 Å². The van der Waals surface area contributed by atoms with Crippen molar-refractivity contribution in [2.45, 2.75) is 40.5 Å². The first-order chi connectivity index (χ1) is 6.90. The standard InChI is InChI=1S/C11H25N3O/c1-9(2)11(3,4)8-13-7-5-6-10(12)14-15/h9,13,15H,5-8H2,1-4H3,(H2,12,14). The van der Waals surface area contributed by atoms with Crippen LogP contribution in [0.25, 0.3) is 0 Å². The highest BCUT2D eigenvalue weighted by Gasteiger charge is 2.21. The Hall–Kier alpha value is -0.770. The van der Waals surface area contributed by atoms with Gasteiger partial charge in [0.1, 0.15) is 5.84 Å². The minimum atomic E-state index is 0.305. The third-order valence-electron chi connectivity index (χ3n) is 3.06. The third kappa shape index (κ3) is 6.33. The lowest BCUT2D eigenvalue weighted by Crippen LogP contribution is -2.34. The van der Waals surface area contributed by atoms with E-state index in [1.807, 2.05) is 0 Å². The maximum atomic E-state index is 8.34. The lowest BCUT2D eigenvalue weighted by atomic mass is 9.81. The Balaban J connectivity index is 3.55. The lowest BCUT2D eigenvalue weighted by Gasteiger charge is -2.29. The van der Waals surface area contributed by atoms with Crippen LogP contribution in [0.15, 0.2) is 5.16 Å². The molecule has 0 heterocycles. The highest BCUT2D eigenvalue weighted by Crippen LogP contribution is 2.24. The molecule has 0 saturated carbocycles. The monoisotopic (exact) mass is 215 g/mol. The van der Waals surface area contributed by atoms with Crippen LogP contribution in [-0.4, -0.2) is 24.1 Å². The number of oxime groups is 1. The van der Waals surface area contributed by atoms with Crippen molar-refractivity contribution in [2.24, 2.45) is 22.2 Å². The number of nitrogens with two attached hydrogens (primary N) is 1. The number of rotatable bonds is 7. The number of nitrogens with one attached hydrogen (secondary N) is 1. The van der Waals surface area contributed by atoms with E-state index in [0.29, 0.717) is 23.6 Å². The third-order valence-corrected chi connectivity index (χ3v) is 3.06. The molecular weight excluding hydrogens is 190 g/mol. The fourth-order valence-corrected chi connectivity index (χ4v) is 1.06. The van der Waals surface area contributed by atoms with E-state index in [1.54, 1.807) is 0 Å². The first-order valence-electron chi connectivity index (χ1n) is 5.57. The summed E-state index contributed by atoms with van der Waals surface area (Å²) in [7, 11) is 0. The zero-order valence-corrected chi connectivity index (χ0v) is 10.4. The van der Waals surface area contributed by atoms with Crippen LogP contribution in [0.4, 0.5) is 0 Å². The van der Waals surface area contributed by atoms with Crippen molar-refractivity contribution >= 4 is 5.84 Å². The highest BCUT2D eigenvalue weighted by molar-refractivity contribution is 5.79. The van der Waals surface area contributed by atoms with Crippen molar-refractivity contribution in [1.82, 2.24) is 5.32 Å². The van der Waals surface area contributed by atoms with Gasteiger partial charge in [0.05, 0.1) is 0 Å². The van der Waals surface area contributed by atoms with Crippen LogP contribution >= 0.6 is 0 Å². The van der Waals surface area contributed by atoms with Gasteiger partial charge in [0, 0.05) is 13.0 Å². The summed E-state index contributed by atoms with van der Waals surface area (Å²) in [5.41, 5.74) is 5.68. The van der Waals surface area contributed by atoms with E-state index < -0.39 is 0 Å². The summed E-state index contributed by atoms with van der Waals surface area (Å²) in [6.07, 6.45) is 1.55. The Morgan fingerprint density at radius 1 is 1.47 bits per heavy atom. The summed E-state index contributed by atoms with van der Waals surface area (Å²) >= 11 is 0. The molecule has 0 radical (unpaired) electrons. The minimum Gasteiger partial charge on any atom is -0.409 e. The van der Waals surface area contributed by atoms with E-state index in [0.717, 1.165) is 19.5 Å². The van der Waals surface area contributed by atoms with Crippen LogP contribution in [0.3, 0.4) is 0 Å². The fourth-order valence-electron chi connectivity index (χ4n) is 1.06. The number of amidine groups is 1. The van der Waals surface area contributed by atoms with Gasteiger partial charge >= 0.3 is 0 Å². The van der Waals surface area contributed by atoms with Crippen molar-refractivity contribution in [3.63, 3.8) is 0 Å². The molecule has 0 aromatic rings. The zero-order chi connectivity index (χ0) is 11.9. The van der Waals surface area contributed by atoms with Crippen LogP contribution in [0.5, 0.6) is 0 Å². The predicted molar refractivity (Wildman–Crippen MR) is 64.1 cm³/mol. The molecule has 0 spiro atoms. The second-order valence-electron chi connectivity index (χ2n) is 5.01. The molecule has 0 amide bonds. The van der Waals surface area contributed by atoms with Crippen LogP contribution in [0.2, 0.25) is 0 Å². The summed E-state index contributed by atoms with van der Waals surface area (Å²) < 4.78 is 0. The fraction of sp³-hybridized carbons (Fsp3) is 0.909. The molecule has 0 saturated heterocycles. The van der Waals surface area contributed by atoms with Crippen molar-refractivity contribution in [3.8, 4) is 0 Å². The van der Waals surface area contributed by atoms with E-state index in [2.05, 4.69) is 38.2 Å². The lowest BCUT2D eigenvalue weighted by molar-refractivity contribution is 0.238. The molecule has 0 unspecified atom stereocenters. The summed E-state index contributed by atoms with van der Waals surface area (Å²) in [6, 6.07) is 0. The Kier molecular flexibility index (Phi) is 6.32. The molecule has 0 bridgehead atoms. The second-order valence-corrected chi connectivity index (χ2v) is 5.01. The van der Waals surface area contributed by atoms with Crippen LogP contribution < -0.4 is 11.1 Å². The van der Waals surface area contributed by atoms with E-state index in [-0.39, 0.29) is 0 Å². The van der Waals surface area contributed by atoms with Gasteiger partial charge in [-0.3, -0.25) is 0 Å². The molecule has 0 aromatic heterocycles. The molecule has 0 aliphatic carbocycles. The molecule has 0 aromatic carbocycles. The van der Waals surface area contributed by atoms with E-state index >= 15 is 0 Å². The van der Waals surface area contributed by atoms with Crippen LogP contribution in [-0.2, 0) is 0 Å². The first-order valence-corrected chi connectivity index (χ1v) is 5.57. The van der Waals surface area contributed by atoms with Gasteiger partial charge in [-0.05, 0) is 24.3 Å². The van der Waals surface area contributed by atoms with Gasteiger partial charge in [-0.25, -0.2) is 0 Å². The predicted octanol–water partition coefficient (Wildman–Crippen LogP) is 1.78. The molecule has 0 aliphatic heterocycles. The molecule has 15 heavy (non-hydrogen) atoms. The zero-order valence-electron chi connectivity index (χ0n) is 10.4.